The third kappa shape index (κ3) is 4.59. The van der Waals surface area contributed by atoms with Crippen LogP contribution in [0.1, 0.15) is 12.6 Å². The molecule has 0 aliphatic carbocycles. The van der Waals surface area contributed by atoms with Gasteiger partial charge in [-0.25, -0.2) is 23.1 Å². The van der Waals surface area contributed by atoms with Crippen LogP contribution in [-0.2, 0) is 23.1 Å². The molecule has 0 radical (unpaired) electrons. The average Bonchev–Trinajstić information content (AvgIpc) is 2.96. The van der Waals surface area contributed by atoms with Crippen molar-refractivity contribution in [3.63, 3.8) is 0 Å². The SMILES string of the molecule is CCNCCn1cc(S(=O)(=O)NCc2ccncn2)cn1. The summed E-state index contributed by atoms with van der Waals surface area (Å²) in [5.74, 6) is 0. The van der Waals surface area contributed by atoms with Crippen LogP contribution >= 0.6 is 0 Å². The Labute approximate surface area is 123 Å². The van der Waals surface area contributed by atoms with Crippen LogP contribution in [0.15, 0.2) is 35.9 Å². The molecule has 0 amide bonds. The average molecular weight is 310 g/mol. The minimum Gasteiger partial charge on any atom is -0.315 e. The van der Waals surface area contributed by atoms with E-state index in [0.29, 0.717) is 12.2 Å². The van der Waals surface area contributed by atoms with Crippen molar-refractivity contribution >= 4 is 10.0 Å². The number of aromatic nitrogens is 4. The van der Waals surface area contributed by atoms with Crippen molar-refractivity contribution in [2.24, 2.45) is 0 Å². The number of rotatable bonds is 8. The fourth-order valence-electron chi connectivity index (χ4n) is 1.65. The van der Waals surface area contributed by atoms with Crippen molar-refractivity contribution in [3.05, 3.63) is 36.7 Å². The smallest absolute Gasteiger partial charge is 0.244 e. The zero-order valence-corrected chi connectivity index (χ0v) is 12.5. The first-order valence-corrected chi connectivity index (χ1v) is 8.08. The molecule has 2 heterocycles. The first-order valence-electron chi connectivity index (χ1n) is 6.59. The molecule has 9 heteroatoms. The Morgan fingerprint density at radius 1 is 1.38 bits per heavy atom. The fraction of sp³-hybridized carbons (Fsp3) is 0.417. The summed E-state index contributed by atoms with van der Waals surface area (Å²) in [5.41, 5.74) is 0.605. The molecule has 0 saturated heterocycles. The summed E-state index contributed by atoms with van der Waals surface area (Å²) >= 11 is 0. The van der Waals surface area contributed by atoms with Crippen molar-refractivity contribution in [1.82, 2.24) is 29.8 Å². The Balaban J connectivity index is 1.96. The van der Waals surface area contributed by atoms with Gasteiger partial charge in [-0.15, -0.1) is 0 Å². The van der Waals surface area contributed by atoms with Crippen molar-refractivity contribution in [2.45, 2.75) is 24.9 Å². The number of hydrogen-bond acceptors (Lipinski definition) is 6. The van der Waals surface area contributed by atoms with Crippen molar-refractivity contribution in [2.75, 3.05) is 13.1 Å². The molecular weight excluding hydrogens is 292 g/mol. The number of nitrogens with zero attached hydrogens (tertiary/aromatic N) is 4. The Kier molecular flexibility index (Phi) is 5.37. The van der Waals surface area contributed by atoms with Gasteiger partial charge in [-0.05, 0) is 12.6 Å². The molecule has 8 nitrogen and oxygen atoms in total. The van der Waals surface area contributed by atoms with Crippen LogP contribution in [0.4, 0.5) is 0 Å². The predicted octanol–water partition coefficient (Wildman–Crippen LogP) is -0.239. The van der Waals surface area contributed by atoms with Crippen molar-refractivity contribution in [1.29, 1.82) is 0 Å². The number of sulfonamides is 1. The molecule has 0 fully saturated rings. The minimum atomic E-state index is -3.58. The highest BCUT2D eigenvalue weighted by atomic mass is 32.2. The summed E-state index contributed by atoms with van der Waals surface area (Å²) in [7, 11) is -3.58. The molecule has 21 heavy (non-hydrogen) atoms. The summed E-state index contributed by atoms with van der Waals surface area (Å²) in [5, 5.41) is 7.19. The van der Waals surface area contributed by atoms with Crippen molar-refractivity contribution < 1.29 is 8.42 Å². The van der Waals surface area contributed by atoms with Gasteiger partial charge in [0.2, 0.25) is 10.0 Å². The van der Waals surface area contributed by atoms with Gasteiger partial charge in [0, 0.05) is 18.9 Å². The van der Waals surface area contributed by atoms with Crippen LogP contribution in [0.2, 0.25) is 0 Å². The van der Waals surface area contributed by atoms with Crippen LogP contribution in [0.3, 0.4) is 0 Å². The molecule has 2 N–H and O–H groups in total. The highest BCUT2D eigenvalue weighted by Gasteiger charge is 2.16. The van der Waals surface area contributed by atoms with Gasteiger partial charge in [0.1, 0.15) is 11.2 Å². The fourth-order valence-corrected chi connectivity index (χ4v) is 2.60. The van der Waals surface area contributed by atoms with E-state index in [4.69, 9.17) is 0 Å². The normalized spacial score (nSPS) is 11.7. The molecule has 0 bridgehead atoms. The van der Waals surface area contributed by atoms with Crippen molar-refractivity contribution in [3.8, 4) is 0 Å². The molecule has 0 atom stereocenters. The van der Waals surface area contributed by atoms with E-state index in [1.54, 1.807) is 16.9 Å². The van der Waals surface area contributed by atoms with Gasteiger partial charge in [-0.2, -0.15) is 5.10 Å². The van der Waals surface area contributed by atoms with Crippen LogP contribution < -0.4 is 10.0 Å². The molecule has 2 rings (SSSR count). The summed E-state index contributed by atoms with van der Waals surface area (Å²) < 4.78 is 28.3. The van der Waals surface area contributed by atoms with E-state index >= 15 is 0 Å². The largest absolute Gasteiger partial charge is 0.315 e. The molecule has 0 aliphatic rings. The third-order valence-electron chi connectivity index (χ3n) is 2.77. The second-order valence-electron chi connectivity index (χ2n) is 4.32. The van der Waals surface area contributed by atoms with Gasteiger partial charge in [0.05, 0.1) is 25.0 Å². The van der Waals surface area contributed by atoms with Crippen LogP contribution in [-0.4, -0.2) is 41.3 Å². The van der Waals surface area contributed by atoms with E-state index < -0.39 is 10.0 Å². The molecule has 0 aromatic carbocycles. The van der Waals surface area contributed by atoms with Gasteiger partial charge in [0.15, 0.2) is 0 Å². The highest BCUT2D eigenvalue weighted by Crippen LogP contribution is 2.07. The lowest BCUT2D eigenvalue weighted by molar-refractivity contribution is 0.562. The third-order valence-corrected chi connectivity index (χ3v) is 4.13. The van der Waals surface area contributed by atoms with Crippen LogP contribution in [0, 0.1) is 0 Å². The highest BCUT2D eigenvalue weighted by molar-refractivity contribution is 7.89. The molecule has 114 valence electrons. The molecule has 0 unspecified atom stereocenters. The second-order valence-corrected chi connectivity index (χ2v) is 6.08. The molecule has 0 aliphatic heterocycles. The first kappa shape index (κ1) is 15.5. The van der Waals surface area contributed by atoms with Gasteiger partial charge < -0.3 is 5.32 Å². The standard InChI is InChI=1S/C12H18N6O2S/c1-2-13-5-6-18-9-12(8-16-18)21(19,20)17-7-11-3-4-14-10-15-11/h3-4,8-10,13,17H,2,5-7H2,1H3. The number of nitrogens with one attached hydrogen (secondary N) is 2. The zero-order valence-electron chi connectivity index (χ0n) is 11.7. The van der Waals surface area contributed by atoms with E-state index in [9.17, 15) is 8.42 Å². The summed E-state index contributed by atoms with van der Waals surface area (Å²) in [4.78, 5) is 7.89. The van der Waals surface area contributed by atoms with Gasteiger partial charge in [-0.3, -0.25) is 4.68 Å². The molecule has 0 spiro atoms. The maximum atomic E-state index is 12.1. The van der Waals surface area contributed by atoms with E-state index in [1.807, 2.05) is 6.92 Å². The monoisotopic (exact) mass is 310 g/mol. The number of likely N-dealkylation sites (N-methyl/N-ethyl adjacent to an activating group) is 1. The summed E-state index contributed by atoms with van der Waals surface area (Å²) in [6.07, 6.45) is 5.80. The Morgan fingerprint density at radius 2 is 2.24 bits per heavy atom. The zero-order chi connectivity index (χ0) is 15.1. The lowest BCUT2D eigenvalue weighted by Gasteiger charge is -2.04. The Hall–Kier alpha value is -1.84. The maximum absolute atomic E-state index is 12.1. The molecule has 2 aromatic heterocycles. The quantitative estimate of drug-likeness (QED) is 0.653. The maximum Gasteiger partial charge on any atom is 0.244 e. The predicted molar refractivity (Wildman–Crippen MR) is 76.8 cm³/mol. The van der Waals surface area contributed by atoms with E-state index in [0.717, 1.165) is 13.1 Å². The number of hydrogen-bond donors (Lipinski definition) is 2. The summed E-state index contributed by atoms with van der Waals surface area (Å²) in [6.45, 7) is 4.36. The molecule has 2 aromatic rings. The minimum absolute atomic E-state index is 0.118. The topological polar surface area (TPSA) is 102 Å². The van der Waals surface area contributed by atoms with E-state index in [1.165, 1.54) is 18.7 Å². The first-order chi connectivity index (χ1) is 10.1. The van der Waals surface area contributed by atoms with Gasteiger partial charge >= 0.3 is 0 Å². The van der Waals surface area contributed by atoms with E-state index in [-0.39, 0.29) is 11.4 Å². The van der Waals surface area contributed by atoms with E-state index in [2.05, 4.69) is 25.1 Å². The Morgan fingerprint density at radius 3 is 2.95 bits per heavy atom. The molecule has 0 saturated carbocycles. The molecular formula is C12H18N6O2S. The lowest BCUT2D eigenvalue weighted by atomic mass is 10.4. The summed E-state index contributed by atoms with van der Waals surface area (Å²) in [6, 6.07) is 1.66. The Bertz CT molecular complexity index is 655. The second kappa shape index (κ2) is 7.25. The van der Waals surface area contributed by atoms with Gasteiger partial charge in [-0.1, -0.05) is 6.92 Å². The van der Waals surface area contributed by atoms with Crippen LogP contribution in [0.5, 0.6) is 0 Å². The van der Waals surface area contributed by atoms with Crippen LogP contribution in [0.25, 0.3) is 0 Å². The van der Waals surface area contributed by atoms with Gasteiger partial charge in [0.25, 0.3) is 0 Å². The lowest BCUT2D eigenvalue weighted by Crippen LogP contribution is -2.23.